The van der Waals surface area contributed by atoms with Crippen LogP contribution < -0.4 is 16.2 Å². The van der Waals surface area contributed by atoms with Crippen molar-refractivity contribution in [2.75, 3.05) is 5.01 Å². The van der Waals surface area contributed by atoms with Crippen molar-refractivity contribution < 1.29 is 19.9 Å². The summed E-state index contributed by atoms with van der Waals surface area (Å²) >= 11 is 0. The van der Waals surface area contributed by atoms with E-state index in [1.165, 1.54) is 7.05 Å². The van der Waals surface area contributed by atoms with Gasteiger partial charge in [0.2, 0.25) is 11.8 Å². The van der Waals surface area contributed by atoms with Gasteiger partial charge < -0.3 is 5.11 Å². The number of carbonyl (C=O) groups excluding carboxylic acids is 2. The molecule has 1 aromatic heterocycles. The highest BCUT2D eigenvalue weighted by molar-refractivity contribution is 5.95. The number of aromatic nitrogens is 2. The molecule has 0 aliphatic carbocycles. The topological polar surface area (TPSA) is 117 Å². The highest BCUT2D eigenvalue weighted by Gasteiger charge is 2.33. The Kier molecular flexibility index (Phi) is 7.99. The van der Waals surface area contributed by atoms with Gasteiger partial charge in [0.1, 0.15) is 6.04 Å². The van der Waals surface area contributed by atoms with Crippen LogP contribution in [-0.2, 0) is 16.6 Å². The van der Waals surface area contributed by atoms with E-state index in [0.29, 0.717) is 6.42 Å². The molecule has 0 aliphatic rings. The first kappa shape index (κ1) is 23.0. The molecule has 0 spiro atoms. The molecule has 0 bridgehead atoms. The summed E-state index contributed by atoms with van der Waals surface area (Å²) < 4.78 is 1.87. The number of nitrogens with one attached hydrogen (secondary N) is 1. The average Bonchev–Trinajstić information content (AvgIpc) is 2.97. The van der Waals surface area contributed by atoms with Crippen LogP contribution in [0.15, 0.2) is 47.4 Å². The third-order valence-corrected chi connectivity index (χ3v) is 4.59. The van der Waals surface area contributed by atoms with Crippen LogP contribution in [0.2, 0.25) is 0 Å². The molecule has 162 valence electrons. The molecule has 9 heteroatoms. The lowest BCUT2D eigenvalue weighted by atomic mass is 10.1. The van der Waals surface area contributed by atoms with Crippen molar-refractivity contribution in [3.8, 4) is 5.88 Å². The molecule has 1 atom stereocenters. The lowest BCUT2D eigenvalue weighted by Gasteiger charge is -2.30. The summed E-state index contributed by atoms with van der Waals surface area (Å²) in [4.78, 5) is 38.0. The SMILES string of the molecule is CC(C)CCC(=O)N([C@@H](CC=Cc1ccccc1)C(=O)NO)n1c(O)cn(C)c1=O. The number of hydrogen-bond acceptors (Lipinski definition) is 5. The molecule has 0 aliphatic heterocycles. The molecule has 9 nitrogen and oxygen atoms in total. The molecule has 2 amide bonds. The van der Waals surface area contributed by atoms with E-state index in [9.17, 15) is 24.7 Å². The van der Waals surface area contributed by atoms with Gasteiger partial charge in [-0.3, -0.25) is 19.4 Å². The lowest BCUT2D eigenvalue weighted by Crippen LogP contribution is -2.57. The molecular formula is C21H28N4O5. The summed E-state index contributed by atoms with van der Waals surface area (Å²) in [6.45, 7) is 3.90. The predicted octanol–water partition coefficient (Wildman–Crippen LogP) is 1.77. The van der Waals surface area contributed by atoms with Crippen LogP contribution in [0.25, 0.3) is 6.08 Å². The van der Waals surface area contributed by atoms with Gasteiger partial charge in [-0.25, -0.2) is 15.3 Å². The Labute approximate surface area is 174 Å². The summed E-state index contributed by atoms with van der Waals surface area (Å²) in [5, 5.41) is 20.4. The van der Waals surface area contributed by atoms with Crippen molar-refractivity contribution in [2.24, 2.45) is 13.0 Å². The minimum atomic E-state index is -1.25. The van der Waals surface area contributed by atoms with E-state index < -0.39 is 29.4 Å². The van der Waals surface area contributed by atoms with Crippen molar-refractivity contribution in [3.63, 3.8) is 0 Å². The van der Waals surface area contributed by atoms with E-state index >= 15 is 0 Å². The van der Waals surface area contributed by atoms with E-state index in [0.717, 1.165) is 26.0 Å². The predicted molar refractivity (Wildman–Crippen MR) is 112 cm³/mol. The van der Waals surface area contributed by atoms with Gasteiger partial charge in [0, 0.05) is 13.5 Å². The Morgan fingerprint density at radius 2 is 1.90 bits per heavy atom. The van der Waals surface area contributed by atoms with E-state index in [2.05, 4.69) is 0 Å². The minimum absolute atomic E-state index is 0.00941. The molecule has 1 aromatic carbocycles. The lowest BCUT2D eigenvalue weighted by molar-refractivity contribution is -0.134. The normalized spacial score (nSPS) is 12.3. The van der Waals surface area contributed by atoms with Gasteiger partial charge in [-0.1, -0.05) is 56.3 Å². The number of aryl methyl sites for hydroxylation is 1. The highest BCUT2D eigenvalue weighted by atomic mass is 16.5. The fourth-order valence-electron chi connectivity index (χ4n) is 2.97. The number of benzene rings is 1. The molecule has 2 aromatic rings. The van der Waals surface area contributed by atoms with Crippen LogP contribution >= 0.6 is 0 Å². The number of hydrogen-bond donors (Lipinski definition) is 3. The first-order valence-corrected chi connectivity index (χ1v) is 9.71. The van der Waals surface area contributed by atoms with Crippen molar-refractivity contribution in [1.82, 2.24) is 14.7 Å². The van der Waals surface area contributed by atoms with E-state index in [1.807, 2.05) is 44.2 Å². The van der Waals surface area contributed by atoms with Crippen LogP contribution in [0.3, 0.4) is 0 Å². The fraction of sp³-hybridized carbons (Fsp3) is 0.381. The van der Waals surface area contributed by atoms with E-state index in [4.69, 9.17) is 0 Å². The molecule has 0 saturated heterocycles. The second kappa shape index (κ2) is 10.4. The molecular weight excluding hydrogens is 388 g/mol. The first-order valence-electron chi connectivity index (χ1n) is 9.71. The Bertz CT molecular complexity index is 946. The second-order valence-corrected chi connectivity index (χ2v) is 7.40. The highest BCUT2D eigenvalue weighted by Crippen LogP contribution is 2.16. The van der Waals surface area contributed by atoms with Gasteiger partial charge in [0.05, 0.1) is 6.20 Å². The summed E-state index contributed by atoms with van der Waals surface area (Å²) in [5.74, 6) is -1.65. The van der Waals surface area contributed by atoms with Crippen molar-refractivity contribution in [1.29, 1.82) is 0 Å². The summed E-state index contributed by atoms with van der Waals surface area (Å²) in [6, 6.07) is 8.09. The van der Waals surface area contributed by atoms with Gasteiger partial charge >= 0.3 is 5.69 Å². The zero-order valence-corrected chi connectivity index (χ0v) is 17.4. The number of imidazole rings is 1. The summed E-state index contributed by atoms with van der Waals surface area (Å²) in [6.07, 6.45) is 5.19. The standard InChI is InChI=1S/C21H28N4O5/c1-15(2)12-13-18(26)24(25-19(27)14-23(3)21(25)29)17(20(28)22-30)11-7-10-16-8-5-4-6-9-16/h4-10,14-15,17,27,30H,11-13H2,1-3H3,(H,22,28)/t17-/m0/s1. The number of hydroxylamine groups is 1. The number of amides is 2. The molecule has 30 heavy (non-hydrogen) atoms. The first-order chi connectivity index (χ1) is 14.3. The number of nitrogens with zero attached hydrogens (tertiary/aromatic N) is 3. The molecule has 3 N–H and O–H groups in total. The zero-order valence-electron chi connectivity index (χ0n) is 17.4. The average molecular weight is 416 g/mol. The van der Waals surface area contributed by atoms with Crippen LogP contribution in [0.4, 0.5) is 0 Å². The van der Waals surface area contributed by atoms with Crippen LogP contribution in [-0.4, -0.2) is 37.4 Å². The maximum atomic E-state index is 13.0. The smallest absolute Gasteiger partial charge is 0.350 e. The molecule has 0 fully saturated rings. The van der Waals surface area contributed by atoms with Gasteiger partial charge in [-0.05, 0) is 24.3 Å². The minimum Gasteiger partial charge on any atom is -0.492 e. The maximum absolute atomic E-state index is 13.0. The number of carbonyl (C=O) groups is 2. The monoisotopic (exact) mass is 416 g/mol. The zero-order chi connectivity index (χ0) is 22.3. The quantitative estimate of drug-likeness (QED) is 0.425. The molecule has 0 saturated carbocycles. The Morgan fingerprint density at radius 1 is 1.23 bits per heavy atom. The van der Waals surface area contributed by atoms with Crippen molar-refractivity contribution in [3.05, 3.63) is 58.7 Å². The number of rotatable bonds is 9. The van der Waals surface area contributed by atoms with Gasteiger partial charge in [0.25, 0.3) is 5.91 Å². The van der Waals surface area contributed by atoms with Crippen molar-refractivity contribution in [2.45, 2.75) is 39.2 Å². The van der Waals surface area contributed by atoms with Crippen LogP contribution in [0.1, 0.15) is 38.7 Å². The third-order valence-electron chi connectivity index (χ3n) is 4.59. The third kappa shape index (κ3) is 5.60. The molecule has 0 unspecified atom stereocenters. The maximum Gasteiger partial charge on any atom is 0.350 e. The molecule has 0 radical (unpaired) electrons. The van der Waals surface area contributed by atoms with Crippen molar-refractivity contribution >= 4 is 17.9 Å². The Morgan fingerprint density at radius 3 is 2.43 bits per heavy atom. The van der Waals surface area contributed by atoms with Gasteiger partial charge in [-0.15, -0.1) is 0 Å². The van der Waals surface area contributed by atoms with E-state index in [-0.39, 0.29) is 18.8 Å². The van der Waals surface area contributed by atoms with Gasteiger partial charge in [-0.2, -0.15) is 4.68 Å². The van der Waals surface area contributed by atoms with E-state index in [1.54, 1.807) is 17.6 Å². The number of aromatic hydroxyl groups is 1. The molecule has 1 heterocycles. The van der Waals surface area contributed by atoms with Crippen LogP contribution in [0.5, 0.6) is 5.88 Å². The largest absolute Gasteiger partial charge is 0.492 e. The second-order valence-electron chi connectivity index (χ2n) is 7.40. The Hall–Kier alpha value is -3.33. The fourth-order valence-corrected chi connectivity index (χ4v) is 2.97. The van der Waals surface area contributed by atoms with Crippen LogP contribution in [0, 0.1) is 5.92 Å². The summed E-state index contributed by atoms with van der Waals surface area (Å²) in [7, 11) is 1.42. The van der Waals surface area contributed by atoms with Gasteiger partial charge in [0.15, 0.2) is 0 Å². The summed E-state index contributed by atoms with van der Waals surface area (Å²) in [5.41, 5.74) is 1.76. The Balaban J connectivity index is 2.43. The molecule has 2 rings (SSSR count).